The number of carbonyl (C=O) groups is 1. The molecule has 0 fully saturated rings. The highest BCUT2D eigenvalue weighted by Crippen LogP contribution is 2.36. The van der Waals surface area contributed by atoms with Gasteiger partial charge in [-0.2, -0.15) is 13.2 Å². The number of quaternary nitrogens is 1. The molecule has 1 atom stereocenters. The molecule has 1 aliphatic carbocycles. The molecule has 0 saturated heterocycles. The Balaban J connectivity index is 1.43. The maximum Gasteiger partial charge on any atom is 0.417 e. The average Bonchev–Trinajstić information content (AvgIpc) is 3.22. The maximum atomic E-state index is 13.0. The Morgan fingerprint density at radius 3 is 2.87 bits per heavy atom. The summed E-state index contributed by atoms with van der Waals surface area (Å²) in [4.78, 5) is 34.8. The largest absolute Gasteiger partial charge is 0.417 e. The minimum atomic E-state index is -4.61. The summed E-state index contributed by atoms with van der Waals surface area (Å²) < 4.78 is 38.9. The topological polar surface area (TPSA) is 79.3 Å². The van der Waals surface area contributed by atoms with Crippen LogP contribution in [0.2, 0.25) is 5.02 Å². The number of aromatic amines is 1. The number of nitrogens with zero attached hydrogens (tertiary/aromatic N) is 1. The van der Waals surface area contributed by atoms with Crippen molar-refractivity contribution in [2.24, 2.45) is 0 Å². The highest BCUT2D eigenvalue weighted by molar-refractivity contribution is 7.18. The first-order valence-electron chi connectivity index (χ1n) is 9.63. The number of hydrogen-bond acceptors (Lipinski definition) is 4. The third-order valence-electron chi connectivity index (χ3n) is 5.11. The van der Waals surface area contributed by atoms with E-state index in [1.165, 1.54) is 22.3 Å². The fraction of sp³-hybridized carbons (Fsp3) is 0.350. The van der Waals surface area contributed by atoms with Crippen molar-refractivity contribution >= 4 is 44.7 Å². The van der Waals surface area contributed by atoms with Gasteiger partial charge in [-0.1, -0.05) is 11.6 Å². The van der Waals surface area contributed by atoms with Crippen molar-refractivity contribution in [3.63, 3.8) is 0 Å². The number of benzene rings is 1. The predicted octanol–water partition coefficient (Wildman–Crippen LogP) is 2.80. The molecule has 3 N–H and O–H groups in total. The van der Waals surface area contributed by atoms with Gasteiger partial charge in [0.05, 0.1) is 23.0 Å². The smallest absolute Gasteiger partial charge is 0.323 e. The van der Waals surface area contributed by atoms with Gasteiger partial charge in [-0.05, 0) is 43.0 Å². The van der Waals surface area contributed by atoms with E-state index >= 15 is 0 Å². The molecule has 0 bridgehead atoms. The van der Waals surface area contributed by atoms with E-state index in [0.29, 0.717) is 20.9 Å². The lowest BCUT2D eigenvalue weighted by Crippen LogP contribution is -3.08. The van der Waals surface area contributed by atoms with E-state index in [2.05, 4.69) is 15.3 Å². The minimum absolute atomic E-state index is 0.00979. The van der Waals surface area contributed by atoms with E-state index in [4.69, 9.17) is 11.6 Å². The number of hydrogen-bond donors (Lipinski definition) is 3. The van der Waals surface area contributed by atoms with Crippen molar-refractivity contribution in [3.8, 4) is 0 Å². The van der Waals surface area contributed by atoms with Crippen LogP contribution in [0.4, 0.5) is 18.9 Å². The lowest BCUT2D eigenvalue weighted by Gasteiger charge is -2.14. The number of thiophene rings is 1. The molecule has 1 aliphatic rings. The van der Waals surface area contributed by atoms with Gasteiger partial charge < -0.3 is 15.2 Å². The summed E-state index contributed by atoms with van der Waals surface area (Å²) in [5.41, 5.74) is -0.0692. The quantitative estimate of drug-likeness (QED) is 0.535. The van der Waals surface area contributed by atoms with Gasteiger partial charge in [0, 0.05) is 10.6 Å². The molecule has 0 spiro atoms. The van der Waals surface area contributed by atoms with Crippen LogP contribution >= 0.6 is 22.9 Å². The van der Waals surface area contributed by atoms with Gasteiger partial charge in [0.25, 0.3) is 11.5 Å². The van der Waals surface area contributed by atoms with Gasteiger partial charge in [-0.15, -0.1) is 11.3 Å². The number of fused-ring (bicyclic) bond motifs is 3. The van der Waals surface area contributed by atoms with Gasteiger partial charge >= 0.3 is 6.18 Å². The molecule has 4 rings (SSSR count). The van der Waals surface area contributed by atoms with E-state index in [1.54, 1.807) is 7.05 Å². The molecule has 1 unspecified atom stereocenters. The van der Waals surface area contributed by atoms with Crippen LogP contribution < -0.4 is 15.8 Å². The third kappa shape index (κ3) is 4.60. The van der Waals surface area contributed by atoms with Crippen molar-refractivity contribution in [2.75, 3.05) is 18.9 Å². The lowest BCUT2D eigenvalue weighted by molar-refractivity contribution is -0.885. The Bertz CT molecular complexity index is 1220. The molecule has 6 nitrogen and oxygen atoms in total. The summed E-state index contributed by atoms with van der Waals surface area (Å²) in [6, 6.07) is 3.21. The van der Waals surface area contributed by atoms with Crippen LogP contribution in [-0.4, -0.2) is 29.5 Å². The van der Waals surface area contributed by atoms with E-state index in [-0.39, 0.29) is 24.3 Å². The summed E-state index contributed by atoms with van der Waals surface area (Å²) in [6.07, 6.45) is -1.70. The molecule has 1 aromatic carbocycles. The summed E-state index contributed by atoms with van der Waals surface area (Å²) in [5, 5.41) is 2.69. The van der Waals surface area contributed by atoms with Gasteiger partial charge in [0.2, 0.25) is 0 Å². The first-order valence-corrected chi connectivity index (χ1v) is 10.8. The van der Waals surface area contributed by atoms with Crippen LogP contribution in [0.5, 0.6) is 0 Å². The predicted molar refractivity (Wildman–Crippen MR) is 113 cm³/mol. The first kappa shape index (κ1) is 21.8. The average molecular weight is 472 g/mol. The highest BCUT2D eigenvalue weighted by atomic mass is 35.5. The molecule has 0 radical (unpaired) electrons. The molecule has 3 aromatic rings. The number of alkyl halides is 3. The molecule has 2 aromatic heterocycles. The number of halogens is 4. The first-order chi connectivity index (χ1) is 14.6. The van der Waals surface area contributed by atoms with Crippen molar-refractivity contribution < 1.29 is 22.9 Å². The zero-order valence-corrected chi connectivity index (χ0v) is 18.0. The number of nitrogens with one attached hydrogen (secondary N) is 3. The Morgan fingerprint density at radius 2 is 2.13 bits per heavy atom. The number of likely N-dealkylation sites (N-methyl/N-ethyl adjacent to an activating group) is 1. The van der Waals surface area contributed by atoms with Gasteiger partial charge in [-0.25, -0.2) is 4.98 Å². The van der Waals surface area contributed by atoms with Crippen LogP contribution in [0.1, 0.15) is 28.2 Å². The molecule has 2 heterocycles. The van der Waals surface area contributed by atoms with Crippen molar-refractivity contribution in [2.45, 2.75) is 32.0 Å². The summed E-state index contributed by atoms with van der Waals surface area (Å²) in [5.74, 6) is 0.0000427. The molecule has 1 amide bonds. The zero-order valence-electron chi connectivity index (χ0n) is 16.5. The summed E-state index contributed by atoms with van der Waals surface area (Å²) in [6.45, 7) is 0.266. The van der Waals surface area contributed by atoms with Gasteiger partial charge in [0.1, 0.15) is 11.4 Å². The molecule has 164 valence electrons. The molecule has 11 heteroatoms. The molecular formula is C20H19ClF3N4O2S+. The summed E-state index contributed by atoms with van der Waals surface area (Å²) >= 11 is 7.14. The minimum Gasteiger partial charge on any atom is -0.323 e. The Kier molecular flexibility index (Phi) is 5.80. The van der Waals surface area contributed by atoms with E-state index < -0.39 is 22.7 Å². The number of anilines is 1. The van der Waals surface area contributed by atoms with E-state index in [0.717, 1.165) is 37.0 Å². The second-order valence-corrected chi connectivity index (χ2v) is 9.09. The van der Waals surface area contributed by atoms with E-state index in [1.807, 2.05) is 0 Å². The second kappa shape index (κ2) is 8.25. The summed E-state index contributed by atoms with van der Waals surface area (Å²) in [7, 11) is 1.74. The van der Waals surface area contributed by atoms with Crippen molar-refractivity contribution in [1.29, 1.82) is 0 Å². The lowest BCUT2D eigenvalue weighted by atomic mass is 10.2. The molecule has 0 aliphatic heterocycles. The van der Waals surface area contributed by atoms with Crippen LogP contribution in [-0.2, 0) is 30.4 Å². The number of aryl methyl sites for hydroxylation is 2. The normalized spacial score (nSPS) is 14.6. The fourth-order valence-electron chi connectivity index (χ4n) is 3.78. The van der Waals surface area contributed by atoms with Crippen LogP contribution in [0.15, 0.2) is 23.0 Å². The van der Waals surface area contributed by atoms with Crippen molar-refractivity contribution in [3.05, 3.63) is 55.4 Å². The number of aromatic nitrogens is 2. The molecule has 0 saturated carbocycles. The fourth-order valence-corrected chi connectivity index (χ4v) is 5.28. The van der Waals surface area contributed by atoms with Crippen molar-refractivity contribution in [1.82, 2.24) is 9.97 Å². The van der Waals surface area contributed by atoms with Crippen LogP contribution in [0, 0.1) is 0 Å². The zero-order chi connectivity index (χ0) is 22.3. The Morgan fingerprint density at radius 1 is 1.35 bits per heavy atom. The molecule has 31 heavy (non-hydrogen) atoms. The SMILES string of the molecule is C[NH+](CC(=O)Nc1ccc(Cl)c(C(F)(F)F)c1)Cc1nc2sc3c(c2c(=O)[nH]1)CCC3. The number of carbonyl (C=O) groups excluding carboxylic acids is 1. The van der Waals surface area contributed by atoms with Gasteiger partial charge in [0.15, 0.2) is 12.4 Å². The second-order valence-electron chi connectivity index (χ2n) is 7.60. The standard InChI is InChI=1S/C20H18ClF3N4O2S/c1-28(9-16(29)25-10-5-6-13(21)12(7-10)20(22,23)24)8-15-26-18(30)17-11-3-2-4-14(11)31-19(17)27-15/h5-7H,2-4,8-9H2,1H3,(H,25,29)(H,26,27,30)/p+1. The Hall–Kier alpha value is -2.43. The third-order valence-corrected chi connectivity index (χ3v) is 6.63. The Labute approximate surface area is 184 Å². The maximum absolute atomic E-state index is 13.0. The molecular weight excluding hydrogens is 453 g/mol. The van der Waals surface area contributed by atoms with Gasteiger partial charge in [-0.3, -0.25) is 9.59 Å². The van der Waals surface area contributed by atoms with E-state index in [9.17, 15) is 22.8 Å². The number of rotatable bonds is 5. The monoisotopic (exact) mass is 471 g/mol. The van der Waals surface area contributed by atoms with Crippen LogP contribution in [0.25, 0.3) is 10.2 Å². The van der Waals surface area contributed by atoms with Crippen LogP contribution in [0.3, 0.4) is 0 Å². The number of amides is 1. The highest BCUT2D eigenvalue weighted by Gasteiger charge is 2.33. The number of H-pyrrole nitrogens is 1.